The molecule has 2 aromatic carbocycles. The number of carbonyl (C=O) groups is 2. The SMILES string of the molecule is Cc1[nH]c2ccccc2c1C(=O)[C@H](C)OC(=O)CCCOc1ccccc1. The fraction of sp³-hybridized carbons (Fsp3) is 0.273. The zero-order chi connectivity index (χ0) is 19.2. The third-order valence-corrected chi connectivity index (χ3v) is 4.35. The number of esters is 1. The maximum atomic E-state index is 12.8. The number of nitrogens with one attached hydrogen (secondary N) is 1. The number of ketones is 1. The monoisotopic (exact) mass is 365 g/mol. The van der Waals surface area contributed by atoms with Crippen molar-refractivity contribution in [1.82, 2.24) is 4.98 Å². The minimum Gasteiger partial charge on any atom is -0.494 e. The van der Waals surface area contributed by atoms with Gasteiger partial charge in [0.15, 0.2) is 6.10 Å². The molecule has 1 heterocycles. The zero-order valence-corrected chi connectivity index (χ0v) is 15.5. The zero-order valence-electron chi connectivity index (χ0n) is 15.5. The summed E-state index contributed by atoms with van der Waals surface area (Å²) in [5.41, 5.74) is 2.26. The van der Waals surface area contributed by atoms with Gasteiger partial charge in [-0.05, 0) is 38.5 Å². The van der Waals surface area contributed by atoms with E-state index in [1.165, 1.54) is 0 Å². The molecule has 1 atom stereocenters. The van der Waals surface area contributed by atoms with Crippen molar-refractivity contribution in [3.05, 3.63) is 65.9 Å². The van der Waals surface area contributed by atoms with Gasteiger partial charge >= 0.3 is 5.97 Å². The van der Waals surface area contributed by atoms with Crippen LogP contribution in [-0.4, -0.2) is 29.4 Å². The van der Waals surface area contributed by atoms with Gasteiger partial charge in [-0.1, -0.05) is 36.4 Å². The molecule has 0 spiro atoms. The molecule has 27 heavy (non-hydrogen) atoms. The molecule has 3 aromatic rings. The first kappa shape index (κ1) is 18.7. The van der Waals surface area contributed by atoms with E-state index < -0.39 is 12.1 Å². The third-order valence-electron chi connectivity index (χ3n) is 4.35. The Morgan fingerprint density at radius 3 is 2.52 bits per heavy atom. The number of aromatic nitrogens is 1. The van der Waals surface area contributed by atoms with Crippen molar-refractivity contribution in [2.45, 2.75) is 32.8 Å². The van der Waals surface area contributed by atoms with Gasteiger partial charge in [-0.25, -0.2) is 0 Å². The van der Waals surface area contributed by atoms with Gasteiger partial charge < -0.3 is 14.5 Å². The molecule has 0 saturated heterocycles. The molecule has 0 fully saturated rings. The fourth-order valence-electron chi connectivity index (χ4n) is 3.03. The number of benzene rings is 2. The van der Waals surface area contributed by atoms with Gasteiger partial charge in [0.2, 0.25) is 5.78 Å². The predicted octanol–water partition coefficient (Wildman–Crippen LogP) is 4.45. The quantitative estimate of drug-likeness (QED) is 0.364. The van der Waals surface area contributed by atoms with Crippen LogP contribution in [0.3, 0.4) is 0 Å². The van der Waals surface area contributed by atoms with E-state index in [4.69, 9.17) is 9.47 Å². The number of Topliss-reactive ketones (excluding diaryl/α,β-unsaturated/α-hetero) is 1. The summed E-state index contributed by atoms with van der Waals surface area (Å²) in [7, 11) is 0. The van der Waals surface area contributed by atoms with Crippen LogP contribution in [0.5, 0.6) is 5.75 Å². The van der Waals surface area contributed by atoms with Crippen molar-refractivity contribution < 1.29 is 19.1 Å². The molecule has 140 valence electrons. The van der Waals surface area contributed by atoms with Gasteiger partial charge in [0.25, 0.3) is 0 Å². The van der Waals surface area contributed by atoms with E-state index in [2.05, 4.69) is 4.98 Å². The summed E-state index contributed by atoms with van der Waals surface area (Å²) in [6.45, 7) is 3.88. The lowest BCUT2D eigenvalue weighted by Gasteiger charge is -2.13. The van der Waals surface area contributed by atoms with Gasteiger partial charge in [0.05, 0.1) is 6.61 Å². The summed E-state index contributed by atoms with van der Waals surface area (Å²) in [6, 6.07) is 17.0. The first-order valence-electron chi connectivity index (χ1n) is 9.05. The van der Waals surface area contributed by atoms with Crippen molar-refractivity contribution >= 4 is 22.7 Å². The molecule has 0 saturated carbocycles. The molecule has 0 aliphatic rings. The molecule has 1 aromatic heterocycles. The predicted molar refractivity (Wildman–Crippen MR) is 104 cm³/mol. The van der Waals surface area contributed by atoms with Crippen LogP contribution in [-0.2, 0) is 9.53 Å². The Morgan fingerprint density at radius 2 is 1.74 bits per heavy atom. The van der Waals surface area contributed by atoms with Crippen LogP contribution in [0.25, 0.3) is 10.9 Å². The van der Waals surface area contributed by atoms with Crippen LogP contribution in [0.1, 0.15) is 35.8 Å². The summed E-state index contributed by atoms with van der Waals surface area (Å²) >= 11 is 0. The van der Waals surface area contributed by atoms with Crippen LogP contribution in [0.4, 0.5) is 0 Å². The number of hydrogen-bond donors (Lipinski definition) is 1. The maximum Gasteiger partial charge on any atom is 0.306 e. The highest BCUT2D eigenvalue weighted by molar-refractivity contribution is 6.11. The molecule has 0 unspecified atom stereocenters. The Balaban J connectivity index is 1.51. The normalized spacial score (nSPS) is 11.9. The molecule has 0 amide bonds. The van der Waals surface area contributed by atoms with E-state index >= 15 is 0 Å². The van der Waals surface area contributed by atoms with E-state index in [1.807, 2.05) is 61.5 Å². The second-order valence-electron chi connectivity index (χ2n) is 6.43. The maximum absolute atomic E-state index is 12.8. The molecule has 3 rings (SSSR count). The number of aromatic amines is 1. The molecular weight excluding hydrogens is 342 g/mol. The van der Waals surface area contributed by atoms with Gasteiger partial charge in [0.1, 0.15) is 5.75 Å². The second-order valence-corrected chi connectivity index (χ2v) is 6.43. The Morgan fingerprint density at radius 1 is 1.04 bits per heavy atom. The third kappa shape index (κ3) is 4.56. The number of hydrogen-bond acceptors (Lipinski definition) is 4. The molecule has 0 aliphatic heterocycles. The van der Waals surface area contributed by atoms with Gasteiger partial charge in [-0.3, -0.25) is 9.59 Å². The summed E-state index contributed by atoms with van der Waals surface area (Å²) in [6.07, 6.45) is -0.0941. The largest absolute Gasteiger partial charge is 0.494 e. The van der Waals surface area contributed by atoms with Gasteiger partial charge in [0, 0.05) is 28.6 Å². The second kappa shape index (κ2) is 8.54. The first-order chi connectivity index (χ1) is 13.1. The summed E-state index contributed by atoms with van der Waals surface area (Å²) in [4.78, 5) is 28.0. The molecular formula is C22H23NO4. The van der Waals surface area contributed by atoms with Crippen molar-refractivity contribution in [2.75, 3.05) is 6.61 Å². The van der Waals surface area contributed by atoms with E-state index in [0.717, 1.165) is 22.3 Å². The van der Waals surface area contributed by atoms with Crippen LogP contribution in [0.2, 0.25) is 0 Å². The standard InChI is InChI=1S/C22H23NO4/c1-15-21(18-11-6-7-12-19(18)23-15)22(25)16(2)27-20(24)13-8-14-26-17-9-4-3-5-10-17/h3-7,9-12,16,23H,8,13-14H2,1-2H3/t16-/m0/s1. The summed E-state index contributed by atoms with van der Waals surface area (Å²) < 4.78 is 10.9. The number of ether oxygens (including phenoxy) is 2. The number of aryl methyl sites for hydroxylation is 1. The lowest BCUT2D eigenvalue weighted by molar-refractivity contribution is -0.146. The first-order valence-corrected chi connectivity index (χ1v) is 9.05. The number of rotatable bonds is 8. The molecule has 0 radical (unpaired) electrons. The van der Waals surface area contributed by atoms with Crippen LogP contribution in [0, 0.1) is 6.92 Å². The van der Waals surface area contributed by atoms with E-state index in [0.29, 0.717) is 18.6 Å². The highest BCUT2D eigenvalue weighted by atomic mass is 16.5. The van der Waals surface area contributed by atoms with Crippen molar-refractivity contribution in [2.24, 2.45) is 0 Å². The Labute approximate surface area is 158 Å². The van der Waals surface area contributed by atoms with Crippen molar-refractivity contribution in [3.8, 4) is 5.75 Å². The highest BCUT2D eigenvalue weighted by Crippen LogP contribution is 2.24. The topological polar surface area (TPSA) is 68.4 Å². The number of para-hydroxylation sites is 2. The Bertz CT molecular complexity index is 930. The van der Waals surface area contributed by atoms with Crippen LogP contribution >= 0.6 is 0 Å². The lowest BCUT2D eigenvalue weighted by Crippen LogP contribution is -2.25. The smallest absolute Gasteiger partial charge is 0.306 e. The number of fused-ring (bicyclic) bond motifs is 1. The van der Waals surface area contributed by atoms with E-state index in [1.54, 1.807) is 6.92 Å². The average Bonchev–Trinajstić information content (AvgIpc) is 3.01. The highest BCUT2D eigenvalue weighted by Gasteiger charge is 2.24. The van der Waals surface area contributed by atoms with Crippen LogP contribution in [0.15, 0.2) is 54.6 Å². The molecule has 5 heteroatoms. The minimum atomic E-state index is -0.828. The number of carbonyl (C=O) groups excluding carboxylic acids is 2. The molecule has 0 bridgehead atoms. The Hall–Kier alpha value is -3.08. The van der Waals surface area contributed by atoms with E-state index in [9.17, 15) is 9.59 Å². The van der Waals surface area contributed by atoms with Gasteiger partial charge in [-0.15, -0.1) is 0 Å². The molecule has 0 aliphatic carbocycles. The average molecular weight is 365 g/mol. The minimum absolute atomic E-state index is 0.196. The van der Waals surface area contributed by atoms with Gasteiger partial charge in [-0.2, -0.15) is 0 Å². The van der Waals surface area contributed by atoms with E-state index in [-0.39, 0.29) is 12.2 Å². The number of H-pyrrole nitrogens is 1. The molecule has 1 N–H and O–H groups in total. The Kier molecular flexibility index (Phi) is 5.91. The fourth-order valence-corrected chi connectivity index (χ4v) is 3.03. The summed E-state index contributed by atoms with van der Waals surface area (Å²) in [5.74, 6) is 0.174. The molecule has 5 nitrogen and oxygen atoms in total. The van der Waals surface area contributed by atoms with Crippen molar-refractivity contribution in [1.29, 1.82) is 0 Å². The van der Waals surface area contributed by atoms with Crippen LogP contribution < -0.4 is 4.74 Å². The summed E-state index contributed by atoms with van der Waals surface area (Å²) in [5, 5.41) is 0.846. The van der Waals surface area contributed by atoms with Crippen molar-refractivity contribution in [3.63, 3.8) is 0 Å². The lowest BCUT2D eigenvalue weighted by atomic mass is 10.0.